The molecule has 6 N–H and O–H groups in total. The molecule has 6 atom stereocenters. The lowest BCUT2D eigenvalue weighted by Gasteiger charge is -2.24. The fraction of sp³-hybridized carbons (Fsp3) is 0.253. The SMILES string of the molecule is CC(C)(C)OC(=O)N1C[C@@H](C(=O)Nc2cccc(Oc3ccc(C#N)cc3)c2)[C@H](c2ccccc2)C1.CC(C)(C)OC(=O)N1C[C@@H](C(=O)O)[C@H](c2ccccc2)C1.ClCCl.N#Cc1ccc(Oc2cccc(N)c2)cc1.N#Cc1ccc(Oc2cccc(NC(=O)[C@@H]3CNC[C@H]3c3ccccc3)c2)cc1. The summed E-state index contributed by atoms with van der Waals surface area (Å²) in [7, 11) is 0. The fourth-order valence-electron chi connectivity index (χ4n) is 11.7. The number of halogens is 2. The van der Waals surface area contributed by atoms with Gasteiger partial charge in [0.15, 0.2) is 0 Å². The van der Waals surface area contributed by atoms with Crippen molar-refractivity contribution in [2.45, 2.75) is 70.5 Å². The highest BCUT2D eigenvalue weighted by Gasteiger charge is 2.43. The first-order valence-corrected chi connectivity index (χ1v) is 34.9. The van der Waals surface area contributed by atoms with Gasteiger partial charge in [-0.15, -0.1) is 23.2 Å². The number of carboxylic acids is 1. The van der Waals surface area contributed by atoms with E-state index in [9.17, 15) is 29.1 Å². The smallest absolute Gasteiger partial charge is 0.410 e. The molecule has 9 aromatic carbocycles. The molecule has 3 heterocycles. The number of alkyl halides is 2. The lowest BCUT2D eigenvalue weighted by atomic mass is 9.88. The van der Waals surface area contributed by atoms with Crippen LogP contribution in [0.25, 0.3) is 0 Å². The Kier molecular flexibility index (Phi) is 28.9. The number of nitrogens with one attached hydrogen (secondary N) is 3. The molecule has 0 saturated carbocycles. The Bertz CT molecular complexity index is 4470. The van der Waals surface area contributed by atoms with Gasteiger partial charge in [0, 0.05) is 92.3 Å². The molecule has 3 saturated heterocycles. The topological polar surface area (TPSA) is 292 Å². The Morgan fingerprint density at radius 3 is 1.15 bits per heavy atom. The van der Waals surface area contributed by atoms with Gasteiger partial charge in [0.05, 0.1) is 58.0 Å². The summed E-state index contributed by atoms with van der Waals surface area (Å²) in [6.07, 6.45) is -0.872. The number of nitrogens with zero attached hydrogens (tertiary/aromatic N) is 5. The summed E-state index contributed by atoms with van der Waals surface area (Å²) in [6.45, 7) is 13.5. The zero-order valence-electron chi connectivity index (χ0n) is 59.0. The second kappa shape index (κ2) is 38.4. The molecule has 0 spiro atoms. The third-order valence-corrected chi connectivity index (χ3v) is 16.5. The number of hydrogen-bond acceptors (Lipinski definition) is 15. The van der Waals surface area contributed by atoms with Gasteiger partial charge < -0.3 is 60.3 Å². The summed E-state index contributed by atoms with van der Waals surface area (Å²) in [5.41, 5.74) is 11.2. The van der Waals surface area contributed by atoms with Crippen LogP contribution in [0.1, 0.15) is 92.7 Å². The number of nitrogens with two attached hydrogens (primary N) is 1. The first-order valence-electron chi connectivity index (χ1n) is 33.8. The summed E-state index contributed by atoms with van der Waals surface area (Å²) in [4.78, 5) is 65.8. The van der Waals surface area contributed by atoms with Crippen LogP contribution in [-0.2, 0) is 23.9 Å². The zero-order valence-corrected chi connectivity index (χ0v) is 60.5. The van der Waals surface area contributed by atoms with Crippen molar-refractivity contribution in [2.24, 2.45) is 17.8 Å². The number of carboxylic acid groups (broad SMARTS) is 1. The number of nitrogen functional groups attached to an aromatic ring is 1. The minimum absolute atomic E-state index is 0.000578. The van der Waals surface area contributed by atoms with E-state index in [0.717, 1.165) is 17.7 Å². The van der Waals surface area contributed by atoms with E-state index in [4.69, 9.17) is 68.4 Å². The molecule has 9 aromatic rings. The van der Waals surface area contributed by atoms with Crippen molar-refractivity contribution in [1.82, 2.24) is 15.1 Å². The van der Waals surface area contributed by atoms with Gasteiger partial charge in [-0.25, -0.2) is 9.59 Å². The molecule has 0 radical (unpaired) electrons. The van der Waals surface area contributed by atoms with Gasteiger partial charge in [0.2, 0.25) is 11.8 Å². The van der Waals surface area contributed by atoms with Crippen molar-refractivity contribution >= 4 is 70.2 Å². The molecule has 0 unspecified atom stereocenters. The maximum atomic E-state index is 13.4. The monoisotopic (exact) mass is 1450 g/mol. The van der Waals surface area contributed by atoms with Crippen LogP contribution in [0.2, 0.25) is 0 Å². The number of carbonyl (C=O) groups is 5. The number of hydrogen-bond donors (Lipinski definition) is 5. The van der Waals surface area contributed by atoms with Crippen molar-refractivity contribution < 1.29 is 52.8 Å². The average molecular weight is 1450 g/mol. The average Bonchev–Trinajstić information content (AvgIpc) is 1.68. The minimum Gasteiger partial charge on any atom is -0.481 e. The van der Waals surface area contributed by atoms with E-state index in [1.807, 2.05) is 130 Å². The Balaban J connectivity index is 0.000000182. The Hall–Kier alpha value is -11.9. The zero-order chi connectivity index (χ0) is 75.5. The molecule has 12 rings (SSSR count). The van der Waals surface area contributed by atoms with Crippen LogP contribution >= 0.6 is 23.2 Å². The number of nitriles is 3. The molecular formula is C83H83Cl2N9O11. The van der Waals surface area contributed by atoms with E-state index in [0.29, 0.717) is 87.9 Å². The third-order valence-electron chi connectivity index (χ3n) is 16.5. The van der Waals surface area contributed by atoms with Gasteiger partial charge in [0.25, 0.3) is 0 Å². The molecule has 20 nitrogen and oxygen atoms in total. The van der Waals surface area contributed by atoms with E-state index < -0.39 is 41.2 Å². The largest absolute Gasteiger partial charge is 0.481 e. The van der Waals surface area contributed by atoms with Crippen molar-refractivity contribution in [3.05, 3.63) is 270 Å². The number of anilines is 3. The van der Waals surface area contributed by atoms with Gasteiger partial charge in [-0.2, -0.15) is 15.8 Å². The second-order valence-corrected chi connectivity index (χ2v) is 27.4. The van der Waals surface area contributed by atoms with Crippen LogP contribution in [0.4, 0.5) is 26.7 Å². The molecule has 3 aliphatic rings. The predicted octanol–water partition coefficient (Wildman–Crippen LogP) is 17.3. The molecule has 0 bridgehead atoms. The van der Waals surface area contributed by atoms with E-state index in [2.05, 4.69) is 46.3 Å². The van der Waals surface area contributed by atoms with Gasteiger partial charge in [-0.1, -0.05) is 109 Å². The standard InChI is InChI=1S/C29H29N3O4.C24H21N3O2.C16H21NO4.C13H10N2O.CH2Cl2/c1-29(2,3)36-28(34)32-18-25(21-8-5-4-6-9-21)26(19-32)27(33)31-22-10-7-11-24(16-22)35-23-14-12-20(17-30)13-15-23;25-14-17-9-11-20(12-10-17)29-21-8-4-7-19(13-21)27-24(28)23-16-26-15-22(23)18-5-2-1-3-6-18;1-16(2,3)21-15(20)17-9-12(13(10-17)14(18)19)11-7-5-4-6-8-11;14-9-10-4-6-12(7-5-10)16-13-3-1-2-11(15)8-13;2-1-3/h4-16,25-26H,18-19H2,1-3H3,(H,31,33);1-13,22-23,26H,15-16H2,(H,27,28);4-8,12-13H,9-10H2,1-3H3,(H,18,19);1-8H,15H2;1H2/t25-,26+;22-,23+;12-,13+;;/m000../s1. The quantitative estimate of drug-likeness (QED) is 0.0499. The van der Waals surface area contributed by atoms with Crippen LogP contribution < -0.4 is 35.9 Å². The van der Waals surface area contributed by atoms with Gasteiger partial charge in [0.1, 0.15) is 45.7 Å². The first-order chi connectivity index (χ1) is 50.4. The number of ether oxygens (including phenoxy) is 5. The minimum atomic E-state index is -0.880. The van der Waals surface area contributed by atoms with Gasteiger partial charge in [-0.3, -0.25) is 14.4 Å². The molecule has 22 heteroatoms. The molecule has 3 fully saturated rings. The Morgan fingerprint density at radius 1 is 0.448 bits per heavy atom. The fourth-order valence-corrected chi connectivity index (χ4v) is 11.7. The maximum Gasteiger partial charge on any atom is 0.410 e. The van der Waals surface area contributed by atoms with Crippen LogP contribution in [0.15, 0.2) is 237 Å². The summed E-state index contributed by atoms with van der Waals surface area (Å²) >= 11 is 9.53. The molecule has 0 aliphatic carbocycles. The number of benzene rings is 9. The summed E-state index contributed by atoms with van der Waals surface area (Å²) in [5.74, 6) is 1.36. The molecule has 0 aromatic heterocycles. The van der Waals surface area contributed by atoms with Crippen molar-refractivity contribution in [2.75, 3.05) is 61.0 Å². The number of rotatable bonds is 14. The first kappa shape index (κ1) is 78.9. The number of carbonyl (C=O) groups excluding carboxylic acids is 4. The van der Waals surface area contributed by atoms with Crippen molar-refractivity contribution in [1.29, 1.82) is 15.8 Å². The molecular weight excluding hydrogens is 1370 g/mol. The molecule has 540 valence electrons. The molecule has 105 heavy (non-hydrogen) atoms. The van der Waals surface area contributed by atoms with Crippen LogP contribution in [-0.4, -0.2) is 101 Å². The van der Waals surface area contributed by atoms with Crippen LogP contribution in [0, 0.1) is 51.7 Å². The number of amides is 4. The number of likely N-dealkylation sites (tertiary alicyclic amines) is 2. The normalized spacial score (nSPS) is 16.9. The highest BCUT2D eigenvalue weighted by atomic mass is 35.5. The van der Waals surface area contributed by atoms with E-state index in [1.54, 1.807) is 141 Å². The Labute approximate surface area is 622 Å². The Morgan fingerprint density at radius 2 is 0.790 bits per heavy atom. The lowest BCUT2D eigenvalue weighted by Crippen LogP contribution is -2.36. The maximum absolute atomic E-state index is 13.4. The van der Waals surface area contributed by atoms with Crippen molar-refractivity contribution in [3.8, 4) is 52.7 Å². The van der Waals surface area contributed by atoms with Crippen molar-refractivity contribution in [3.63, 3.8) is 0 Å². The van der Waals surface area contributed by atoms with E-state index in [-0.39, 0.29) is 53.9 Å². The molecule has 3 aliphatic heterocycles. The van der Waals surface area contributed by atoms with Gasteiger partial charge >= 0.3 is 18.2 Å². The van der Waals surface area contributed by atoms with E-state index >= 15 is 0 Å². The highest BCUT2D eigenvalue weighted by molar-refractivity contribution is 6.40. The summed E-state index contributed by atoms with van der Waals surface area (Å²) < 4.78 is 28.2. The van der Waals surface area contributed by atoms with Gasteiger partial charge in [-0.05, 0) is 167 Å². The summed E-state index contributed by atoms with van der Waals surface area (Å²) in [6, 6.07) is 77.9. The lowest BCUT2D eigenvalue weighted by molar-refractivity contribution is -0.141. The highest BCUT2D eigenvalue weighted by Crippen LogP contribution is 2.37. The third kappa shape index (κ3) is 24.7. The van der Waals surface area contributed by atoms with E-state index in [1.165, 1.54) is 10.5 Å². The molecule has 4 amide bonds. The number of aliphatic carboxylic acids is 1. The predicted molar refractivity (Wildman–Crippen MR) is 405 cm³/mol. The van der Waals surface area contributed by atoms with Crippen LogP contribution in [0.3, 0.4) is 0 Å². The second-order valence-electron chi connectivity index (χ2n) is 26.6. The van der Waals surface area contributed by atoms with Crippen LogP contribution in [0.5, 0.6) is 34.5 Å². The summed E-state index contributed by atoms with van der Waals surface area (Å²) in [5, 5.41) is 45.4.